The Morgan fingerprint density at radius 1 is 1.10 bits per heavy atom. The number of benzene rings is 1. The molecule has 0 radical (unpaired) electrons. The van der Waals surface area contributed by atoms with Gasteiger partial charge in [0.2, 0.25) is 0 Å². The Morgan fingerprint density at radius 2 is 1.90 bits per heavy atom. The molecule has 0 unspecified atom stereocenters. The summed E-state index contributed by atoms with van der Waals surface area (Å²) in [7, 11) is 0. The van der Waals surface area contributed by atoms with Crippen LogP contribution in [0.25, 0.3) is 11.0 Å². The molecule has 0 bridgehead atoms. The number of carbonyl (C=O) groups excluding carboxylic acids is 1. The molecule has 2 heterocycles. The van der Waals surface area contributed by atoms with Crippen molar-refractivity contribution in [2.24, 2.45) is 0 Å². The number of carbonyl (C=O) groups is 1. The highest BCUT2D eigenvalue weighted by molar-refractivity contribution is 6.05. The van der Waals surface area contributed by atoms with E-state index in [-0.39, 0.29) is 5.56 Å². The van der Waals surface area contributed by atoms with E-state index in [1.165, 1.54) is 0 Å². The second-order valence-electron chi connectivity index (χ2n) is 4.27. The maximum atomic E-state index is 12.1. The van der Waals surface area contributed by atoms with Crippen LogP contribution in [-0.2, 0) is 0 Å². The molecule has 0 saturated heterocycles. The second-order valence-corrected chi connectivity index (χ2v) is 4.27. The summed E-state index contributed by atoms with van der Waals surface area (Å²) < 4.78 is 0. The third kappa shape index (κ3) is 2.29. The molecule has 5 nitrogen and oxygen atoms in total. The number of rotatable bonds is 2. The topological polar surface area (TPSA) is 74.8 Å². The molecule has 5 heteroatoms. The lowest BCUT2D eigenvalue weighted by atomic mass is 10.2. The fourth-order valence-electron chi connectivity index (χ4n) is 1.92. The number of aromatic amines is 1. The van der Waals surface area contributed by atoms with Gasteiger partial charge in [-0.25, -0.2) is 4.98 Å². The number of nitrogens with one attached hydrogen (secondary N) is 2. The van der Waals surface area contributed by atoms with Gasteiger partial charge >= 0.3 is 0 Å². The van der Waals surface area contributed by atoms with E-state index in [2.05, 4.69) is 15.3 Å². The molecule has 0 saturated carbocycles. The van der Waals surface area contributed by atoms with Crippen molar-refractivity contribution in [3.63, 3.8) is 0 Å². The van der Waals surface area contributed by atoms with Crippen LogP contribution >= 0.6 is 0 Å². The number of amides is 1. The number of nitrogens with zero attached hydrogens (tertiary/aromatic N) is 1. The van der Waals surface area contributed by atoms with Crippen LogP contribution in [0, 0.1) is 0 Å². The standard InChI is InChI=1S/C15H11N3O2/c19-14(17-11-6-2-1-3-7-11)12-9-10-5-4-8-16-13(10)18-15(12)20/h1-9H,(H,17,19)(H,16,18,20). The third-order valence-electron chi connectivity index (χ3n) is 2.89. The van der Waals surface area contributed by atoms with E-state index in [9.17, 15) is 9.59 Å². The molecular formula is C15H11N3O2. The van der Waals surface area contributed by atoms with Crippen molar-refractivity contribution in [3.05, 3.63) is 70.6 Å². The van der Waals surface area contributed by atoms with Gasteiger partial charge in [-0.05, 0) is 30.3 Å². The zero-order chi connectivity index (χ0) is 13.9. The predicted molar refractivity (Wildman–Crippen MR) is 76.8 cm³/mol. The molecule has 0 aliphatic carbocycles. The Morgan fingerprint density at radius 3 is 2.70 bits per heavy atom. The van der Waals surface area contributed by atoms with Gasteiger partial charge in [0.1, 0.15) is 11.2 Å². The summed E-state index contributed by atoms with van der Waals surface area (Å²) in [5, 5.41) is 3.40. The summed E-state index contributed by atoms with van der Waals surface area (Å²) in [6.07, 6.45) is 1.59. The summed E-state index contributed by atoms with van der Waals surface area (Å²) in [6.45, 7) is 0. The highest BCUT2D eigenvalue weighted by atomic mass is 16.2. The molecule has 1 aromatic carbocycles. The molecular weight excluding hydrogens is 254 g/mol. The van der Waals surface area contributed by atoms with Crippen molar-refractivity contribution < 1.29 is 4.79 Å². The highest BCUT2D eigenvalue weighted by Crippen LogP contribution is 2.10. The molecule has 0 aliphatic rings. The summed E-state index contributed by atoms with van der Waals surface area (Å²) in [5.74, 6) is -0.441. The third-order valence-corrected chi connectivity index (χ3v) is 2.89. The van der Waals surface area contributed by atoms with Gasteiger partial charge in [0, 0.05) is 17.3 Å². The van der Waals surface area contributed by atoms with E-state index in [1.54, 1.807) is 36.5 Å². The van der Waals surface area contributed by atoms with Crippen LogP contribution in [0.15, 0.2) is 59.5 Å². The van der Waals surface area contributed by atoms with Crippen LogP contribution in [0.1, 0.15) is 10.4 Å². The Labute approximate surface area is 114 Å². The van der Waals surface area contributed by atoms with Gasteiger partial charge in [0.15, 0.2) is 0 Å². The number of fused-ring (bicyclic) bond motifs is 1. The van der Waals surface area contributed by atoms with Gasteiger partial charge in [-0.3, -0.25) is 9.59 Å². The molecule has 1 amide bonds. The van der Waals surface area contributed by atoms with Gasteiger partial charge in [-0.2, -0.15) is 0 Å². The maximum Gasteiger partial charge on any atom is 0.262 e. The van der Waals surface area contributed by atoms with E-state index in [0.29, 0.717) is 16.7 Å². The zero-order valence-corrected chi connectivity index (χ0v) is 10.5. The molecule has 2 N–H and O–H groups in total. The first-order valence-electron chi connectivity index (χ1n) is 6.08. The molecule has 0 spiro atoms. The van der Waals surface area contributed by atoms with Gasteiger partial charge in [-0.1, -0.05) is 18.2 Å². The van der Waals surface area contributed by atoms with Gasteiger partial charge in [-0.15, -0.1) is 0 Å². The average Bonchev–Trinajstić information content (AvgIpc) is 2.47. The van der Waals surface area contributed by atoms with Crippen molar-refractivity contribution in [1.82, 2.24) is 9.97 Å². The van der Waals surface area contributed by atoms with Gasteiger partial charge < -0.3 is 10.3 Å². The summed E-state index contributed by atoms with van der Waals surface area (Å²) in [6, 6.07) is 14.1. The summed E-state index contributed by atoms with van der Waals surface area (Å²) >= 11 is 0. The summed E-state index contributed by atoms with van der Waals surface area (Å²) in [4.78, 5) is 30.7. The zero-order valence-electron chi connectivity index (χ0n) is 10.5. The second kappa shape index (κ2) is 4.97. The Balaban J connectivity index is 1.99. The number of aromatic nitrogens is 2. The van der Waals surface area contributed by atoms with Crippen molar-refractivity contribution in [2.45, 2.75) is 0 Å². The van der Waals surface area contributed by atoms with Gasteiger partial charge in [0.25, 0.3) is 11.5 Å². The quantitative estimate of drug-likeness (QED) is 0.745. The fourth-order valence-corrected chi connectivity index (χ4v) is 1.92. The lowest BCUT2D eigenvalue weighted by Gasteiger charge is -2.05. The number of H-pyrrole nitrogens is 1. The largest absolute Gasteiger partial charge is 0.322 e. The normalized spacial score (nSPS) is 10.4. The molecule has 0 atom stereocenters. The highest BCUT2D eigenvalue weighted by Gasteiger charge is 2.12. The number of para-hydroxylation sites is 1. The fraction of sp³-hybridized carbons (Fsp3) is 0. The molecule has 3 aromatic rings. The van der Waals surface area contributed by atoms with Crippen LogP contribution in [0.5, 0.6) is 0 Å². The monoisotopic (exact) mass is 265 g/mol. The smallest absolute Gasteiger partial charge is 0.262 e. The minimum absolute atomic E-state index is 0.0642. The number of hydrogen-bond acceptors (Lipinski definition) is 3. The van der Waals surface area contributed by atoms with E-state index < -0.39 is 11.5 Å². The van der Waals surface area contributed by atoms with E-state index in [4.69, 9.17) is 0 Å². The van der Waals surface area contributed by atoms with Crippen molar-refractivity contribution in [3.8, 4) is 0 Å². The molecule has 20 heavy (non-hydrogen) atoms. The lowest BCUT2D eigenvalue weighted by molar-refractivity contribution is 0.102. The van der Waals surface area contributed by atoms with Crippen LogP contribution < -0.4 is 10.9 Å². The minimum atomic E-state index is -0.454. The first kappa shape index (κ1) is 12.1. The molecule has 98 valence electrons. The van der Waals surface area contributed by atoms with Crippen molar-refractivity contribution in [1.29, 1.82) is 0 Å². The first-order chi connectivity index (χ1) is 9.74. The van der Waals surface area contributed by atoms with Crippen molar-refractivity contribution in [2.75, 3.05) is 5.32 Å². The first-order valence-corrected chi connectivity index (χ1v) is 6.08. The predicted octanol–water partition coefficient (Wildman–Crippen LogP) is 2.18. The molecule has 3 rings (SSSR count). The average molecular weight is 265 g/mol. The molecule has 2 aromatic heterocycles. The Kier molecular flexibility index (Phi) is 3.01. The van der Waals surface area contributed by atoms with E-state index in [0.717, 1.165) is 0 Å². The Bertz CT molecular complexity index is 825. The SMILES string of the molecule is O=C(Nc1ccccc1)c1cc2cccnc2[nH]c1=O. The molecule has 0 aliphatic heterocycles. The Hall–Kier alpha value is -2.95. The van der Waals surface area contributed by atoms with E-state index in [1.807, 2.05) is 18.2 Å². The maximum absolute atomic E-state index is 12.1. The number of anilines is 1. The van der Waals surface area contributed by atoms with Crippen LogP contribution in [0.2, 0.25) is 0 Å². The van der Waals surface area contributed by atoms with E-state index >= 15 is 0 Å². The van der Waals surface area contributed by atoms with Crippen molar-refractivity contribution >= 4 is 22.6 Å². The van der Waals surface area contributed by atoms with Crippen LogP contribution in [0.4, 0.5) is 5.69 Å². The number of hydrogen-bond donors (Lipinski definition) is 2. The lowest BCUT2D eigenvalue weighted by Crippen LogP contribution is -2.23. The van der Waals surface area contributed by atoms with Gasteiger partial charge in [0.05, 0.1) is 0 Å². The molecule has 0 fully saturated rings. The minimum Gasteiger partial charge on any atom is -0.322 e. The summed E-state index contributed by atoms with van der Waals surface area (Å²) in [5.41, 5.74) is 0.718. The van der Waals surface area contributed by atoms with Crippen LogP contribution in [-0.4, -0.2) is 15.9 Å². The van der Waals surface area contributed by atoms with Crippen LogP contribution in [0.3, 0.4) is 0 Å². The number of pyridine rings is 2.